The van der Waals surface area contributed by atoms with Gasteiger partial charge in [0.2, 0.25) is 17.7 Å². The number of phenols is 1. The van der Waals surface area contributed by atoms with E-state index in [-0.39, 0.29) is 89.0 Å². The zero-order valence-corrected chi connectivity index (χ0v) is 40.4. The number of carboxylic acid groups (broad SMARTS) is 1. The molecule has 21 heteroatoms. The van der Waals surface area contributed by atoms with Gasteiger partial charge in [-0.1, -0.05) is 26.8 Å². The monoisotopic (exact) mass is 970 g/mol. The van der Waals surface area contributed by atoms with Gasteiger partial charge in [0.1, 0.15) is 59.8 Å². The fraction of sp³-hybridized carbons (Fsp3) is 0.449. The highest BCUT2D eigenvalue weighted by Crippen LogP contribution is 2.45. The zero-order valence-electron chi connectivity index (χ0n) is 40.4. The van der Waals surface area contributed by atoms with Crippen LogP contribution in [0.25, 0.3) is 22.5 Å². The van der Waals surface area contributed by atoms with Crippen molar-refractivity contribution in [2.45, 2.75) is 90.6 Å². The first kappa shape index (κ1) is 53.9. The Balaban J connectivity index is 1.56. The molecule has 2 heterocycles. The Hall–Kier alpha value is -7.07. The standard InChI is InChI=1S/C49H66N10O11/c1-26-39(42(53)58-43(54-26)29-9-11-32(12-10-29)68-19-15-49(3,4)5)45(63)56-35(14-17-51)47(65)59(6)40-30-22-34(41(61)38(23-30)70-25-31(60)24-52)33-20-28(8-13-37(33)69-18-7-16-50)21-36(48(66)67)57-44(62)27(2)55-46(40)64/h8-13,20,22-23,27,31,35-36,40,60-61H,7,14-19,21,24-25,50-52H2,1-6H3,(H,55,64)(H,56,63)(H,57,62)(H,66,67)(H2,53,54,58)/t27-,31+,35-,36-,40-/m0/s1. The summed E-state index contributed by atoms with van der Waals surface area (Å²) in [5.74, 6) is -4.47. The normalized spacial score (nSPS) is 17.0. The molecule has 70 heavy (non-hydrogen) atoms. The van der Waals surface area contributed by atoms with Crippen LogP contribution in [0, 0.1) is 12.3 Å². The Morgan fingerprint density at radius 3 is 2.26 bits per heavy atom. The zero-order chi connectivity index (χ0) is 51.4. The largest absolute Gasteiger partial charge is 0.504 e. The molecule has 14 N–H and O–H groups in total. The Morgan fingerprint density at radius 1 is 0.914 bits per heavy atom. The Bertz CT molecular complexity index is 2490. The number of carboxylic acids is 1. The van der Waals surface area contributed by atoms with Crippen molar-refractivity contribution in [1.29, 1.82) is 0 Å². The highest BCUT2D eigenvalue weighted by molar-refractivity contribution is 6.02. The summed E-state index contributed by atoms with van der Waals surface area (Å²) in [6, 6.07) is 8.74. The maximum atomic E-state index is 14.8. The first-order chi connectivity index (χ1) is 33.2. The number of nitrogen functional groups attached to an aromatic ring is 1. The third-order valence-electron chi connectivity index (χ3n) is 11.5. The number of hydrogen-bond donors (Lipinski definition) is 10. The molecule has 0 spiro atoms. The summed E-state index contributed by atoms with van der Waals surface area (Å²) in [4.78, 5) is 79.5. The molecule has 0 radical (unpaired) electrons. The van der Waals surface area contributed by atoms with Gasteiger partial charge in [-0.25, -0.2) is 14.8 Å². The Morgan fingerprint density at radius 2 is 1.63 bits per heavy atom. The van der Waals surface area contributed by atoms with Crippen molar-refractivity contribution in [3.05, 3.63) is 77.0 Å². The number of fused-ring (bicyclic) bond motifs is 5. The van der Waals surface area contributed by atoms with Crippen LogP contribution in [0.4, 0.5) is 5.82 Å². The molecule has 0 unspecified atom stereocenters. The number of aryl methyl sites for hydroxylation is 1. The molecule has 3 aromatic carbocycles. The second kappa shape index (κ2) is 24.0. The van der Waals surface area contributed by atoms with Gasteiger partial charge < -0.3 is 73.3 Å². The summed E-state index contributed by atoms with van der Waals surface area (Å²) >= 11 is 0. The van der Waals surface area contributed by atoms with Gasteiger partial charge in [0.25, 0.3) is 5.91 Å². The molecule has 0 saturated carbocycles. The van der Waals surface area contributed by atoms with Gasteiger partial charge in [-0.3, -0.25) is 19.2 Å². The van der Waals surface area contributed by atoms with E-state index in [1.54, 1.807) is 49.4 Å². The van der Waals surface area contributed by atoms with Crippen LogP contribution in [-0.2, 0) is 25.6 Å². The van der Waals surface area contributed by atoms with Gasteiger partial charge in [-0.2, -0.15) is 0 Å². The lowest BCUT2D eigenvalue weighted by Gasteiger charge is -2.33. The predicted molar refractivity (Wildman–Crippen MR) is 261 cm³/mol. The number of aliphatic hydroxyl groups excluding tert-OH is 1. The first-order valence-corrected chi connectivity index (χ1v) is 23.0. The average Bonchev–Trinajstić information content (AvgIpc) is 3.30. The van der Waals surface area contributed by atoms with Crippen molar-refractivity contribution in [3.8, 4) is 45.5 Å². The van der Waals surface area contributed by atoms with Crippen LogP contribution in [-0.4, -0.2) is 131 Å². The second-order valence-electron chi connectivity index (χ2n) is 18.3. The second-order valence-corrected chi connectivity index (χ2v) is 18.3. The Kier molecular flexibility index (Phi) is 18.5. The molecule has 0 fully saturated rings. The maximum absolute atomic E-state index is 14.8. The van der Waals surface area contributed by atoms with Crippen LogP contribution in [0.1, 0.15) is 80.2 Å². The molecule has 5 rings (SSSR count). The minimum atomic E-state index is -1.64. The van der Waals surface area contributed by atoms with Crippen LogP contribution >= 0.6 is 0 Å². The minimum Gasteiger partial charge on any atom is -0.504 e. The molecule has 378 valence electrons. The van der Waals surface area contributed by atoms with E-state index in [4.69, 9.17) is 37.1 Å². The number of nitrogens with two attached hydrogens (primary N) is 4. The number of aromatic nitrogens is 2. The fourth-order valence-corrected chi connectivity index (χ4v) is 7.51. The number of aromatic hydroxyl groups is 1. The van der Waals surface area contributed by atoms with Crippen LogP contribution in [0.5, 0.6) is 23.0 Å². The summed E-state index contributed by atoms with van der Waals surface area (Å²) in [7, 11) is 1.29. The quantitative estimate of drug-likeness (QED) is 0.0600. The summed E-state index contributed by atoms with van der Waals surface area (Å²) in [6.07, 6.45) is -0.190. The molecule has 4 bridgehead atoms. The van der Waals surface area contributed by atoms with E-state index in [9.17, 15) is 39.3 Å². The number of nitrogens with zero attached hydrogens (tertiary/aromatic N) is 3. The van der Waals surface area contributed by atoms with Crippen molar-refractivity contribution >= 4 is 35.4 Å². The van der Waals surface area contributed by atoms with Crippen LogP contribution < -0.4 is 53.1 Å². The molecule has 5 atom stereocenters. The number of aliphatic carboxylic acids is 1. The lowest BCUT2D eigenvalue weighted by atomic mass is 9.93. The van der Waals surface area contributed by atoms with Crippen molar-refractivity contribution in [2.75, 3.05) is 52.2 Å². The summed E-state index contributed by atoms with van der Waals surface area (Å²) in [5, 5.41) is 40.2. The minimum absolute atomic E-state index is 0.0283. The van der Waals surface area contributed by atoms with Crippen molar-refractivity contribution in [3.63, 3.8) is 0 Å². The Labute approximate surface area is 406 Å². The van der Waals surface area contributed by atoms with Crippen LogP contribution in [0.3, 0.4) is 0 Å². The number of amides is 4. The van der Waals surface area contributed by atoms with Crippen molar-refractivity contribution in [2.24, 2.45) is 22.6 Å². The predicted octanol–water partition coefficient (Wildman–Crippen LogP) is 1.92. The van der Waals surface area contributed by atoms with E-state index in [0.29, 0.717) is 36.4 Å². The number of ether oxygens (including phenoxy) is 3. The summed E-state index contributed by atoms with van der Waals surface area (Å²) in [6.45, 7) is 9.60. The van der Waals surface area contributed by atoms with Crippen molar-refractivity contribution < 1.29 is 53.5 Å². The van der Waals surface area contributed by atoms with Crippen molar-refractivity contribution in [1.82, 2.24) is 30.8 Å². The van der Waals surface area contributed by atoms with Gasteiger partial charge >= 0.3 is 5.97 Å². The number of anilines is 1. The third kappa shape index (κ3) is 13.8. The third-order valence-corrected chi connectivity index (χ3v) is 11.5. The van der Waals surface area contributed by atoms with E-state index in [0.717, 1.165) is 11.3 Å². The van der Waals surface area contributed by atoms with Gasteiger partial charge in [0, 0.05) is 36.7 Å². The van der Waals surface area contributed by atoms with Crippen LogP contribution in [0.2, 0.25) is 0 Å². The molecule has 1 aliphatic heterocycles. The van der Waals surface area contributed by atoms with E-state index in [1.165, 1.54) is 26.1 Å². The molecule has 4 amide bonds. The van der Waals surface area contributed by atoms with E-state index in [2.05, 4.69) is 46.7 Å². The van der Waals surface area contributed by atoms with Gasteiger partial charge in [0.15, 0.2) is 17.3 Å². The molecule has 4 aromatic rings. The van der Waals surface area contributed by atoms with E-state index < -0.39 is 72.2 Å². The number of aliphatic hydroxyl groups is 1. The number of likely N-dealkylation sites (N-methyl/N-ethyl adjacent to an activating group) is 1. The highest BCUT2D eigenvalue weighted by atomic mass is 16.5. The lowest BCUT2D eigenvalue weighted by molar-refractivity contribution is -0.143. The van der Waals surface area contributed by atoms with E-state index in [1.807, 2.05) is 0 Å². The molecular weight excluding hydrogens is 905 g/mol. The summed E-state index contributed by atoms with van der Waals surface area (Å²) < 4.78 is 17.9. The number of carbonyl (C=O) groups is 5. The van der Waals surface area contributed by atoms with Gasteiger partial charge in [0.05, 0.1) is 18.9 Å². The number of benzene rings is 3. The van der Waals surface area contributed by atoms with Gasteiger partial charge in [-0.15, -0.1) is 0 Å². The topological polar surface area (TPSA) is 343 Å². The number of rotatable bonds is 19. The maximum Gasteiger partial charge on any atom is 0.326 e. The average molecular weight is 971 g/mol. The fourth-order valence-electron chi connectivity index (χ4n) is 7.51. The lowest BCUT2D eigenvalue weighted by Crippen LogP contribution is -2.55. The number of nitrogens with one attached hydrogen (secondary N) is 3. The van der Waals surface area contributed by atoms with Gasteiger partial charge in [-0.05, 0) is 111 Å². The molecule has 21 nitrogen and oxygen atoms in total. The molecule has 1 aliphatic rings. The SMILES string of the molecule is Cc1nc(-c2ccc(OCCC(C)(C)C)cc2)nc(N)c1C(=O)N[C@@H](CCN)C(=O)N(C)[C@@H]1C(=O)N[C@@H](C)C(=O)N[C@H](C(=O)O)Cc2ccc(OCCCN)c(c2)-c2cc1cc(OC[C@H](O)CN)c2O. The number of phenolic OH excluding ortho intramolecular Hbond substituents is 1. The molecular formula is C49H66N10O11. The highest BCUT2D eigenvalue weighted by Gasteiger charge is 2.37. The number of hydrogen-bond acceptors (Lipinski definition) is 16. The molecule has 0 saturated heterocycles. The smallest absolute Gasteiger partial charge is 0.326 e. The van der Waals surface area contributed by atoms with E-state index >= 15 is 0 Å². The molecule has 0 aliphatic carbocycles. The number of carbonyl (C=O) groups excluding carboxylic acids is 4. The molecule has 1 aromatic heterocycles. The van der Waals surface area contributed by atoms with Crippen LogP contribution in [0.15, 0.2) is 54.6 Å². The summed E-state index contributed by atoms with van der Waals surface area (Å²) in [5.41, 5.74) is 25.3. The first-order valence-electron chi connectivity index (χ1n) is 23.0.